The minimum Gasteiger partial charge on any atom is -0.457 e. The van der Waals surface area contributed by atoms with Crippen LogP contribution in [0.3, 0.4) is 0 Å². The molecule has 11 aromatic rings. The maximum Gasteiger partial charge on any atom is 0.137 e. The Bertz CT molecular complexity index is 4200. The number of rotatable bonds is 9. The van der Waals surface area contributed by atoms with Crippen molar-refractivity contribution in [2.75, 3.05) is 16.5 Å². The van der Waals surface area contributed by atoms with Gasteiger partial charge in [0.2, 0.25) is 0 Å². The van der Waals surface area contributed by atoms with Gasteiger partial charge in [-0.25, -0.2) is 18.2 Å². The fourth-order valence-corrected chi connectivity index (χ4v) is 11.5. The average molecular weight is 1070 g/mol. The lowest BCUT2D eigenvalue weighted by molar-refractivity contribution is 0.483. The first-order chi connectivity index (χ1) is 38.7. The average Bonchev–Trinajstić information content (AvgIpc) is 4.25. The minimum atomic E-state index is -0.992. The van der Waals surface area contributed by atoms with Gasteiger partial charge < -0.3 is 14.5 Å². The van der Waals surface area contributed by atoms with Crippen LogP contribution in [0, 0.1) is 24.4 Å². The van der Waals surface area contributed by atoms with Crippen molar-refractivity contribution in [3.8, 4) is 61.8 Å². The Balaban J connectivity index is 1.06. The van der Waals surface area contributed by atoms with Crippen LogP contribution in [0.25, 0.3) is 72.1 Å². The van der Waals surface area contributed by atoms with Crippen LogP contribution in [-0.4, -0.2) is 16.2 Å². The van der Waals surface area contributed by atoms with Crippen LogP contribution in [0.15, 0.2) is 200 Å². The van der Waals surface area contributed by atoms with Gasteiger partial charge in [-0.3, -0.25) is 4.57 Å². The van der Waals surface area contributed by atoms with Crippen molar-refractivity contribution in [1.29, 1.82) is 0 Å². The summed E-state index contributed by atoms with van der Waals surface area (Å²) in [5, 5.41) is 2.20. The number of para-hydroxylation sites is 3. The lowest BCUT2D eigenvalue weighted by Gasteiger charge is -2.30. The van der Waals surface area contributed by atoms with E-state index in [0.29, 0.717) is 22.7 Å². The first-order valence-corrected chi connectivity index (χ1v) is 27.8. The lowest BCUT2D eigenvalue weighted by Crippen LogP contribution is -2.25. The molecule has 0 saturated heterocycles. The van der Waals surface area contributed by atoms with Crippen LogP contribution < -0.4 is 14.5 Å². The van der Waals surface area contributed by atoms with Crippen molar-refractivity contribution in [3.05, 3.63) is 240 Å². The highest BCUT2D eigenvalue weighted by molar-refractivity contribution is 6.09. The van der Waals surface area contributed by atoms with E-state index in [-0.39, 0.29) is 28.5 Å². The molecule has 81 heavy (non-hydrogen) atoms. The monoisotopic (exact) mass is 1070 g/mol. The Kier molecular flexibility index (Phi) is 13.1. The minimum absolute atomic E-state index is 0.0817. The molecule has 0 fully saturated rings. The van der Waals surface area contributed by atoms with Crippen molar-refractivity contribution in [3.63, 3.8) is 0 Å². The number of hydrogen-bond acceptors (Lipinski definition) is 4. The van der Waals surface area contributed by atoms with E-state index in [0.717, 1.165) is 107 Å². The largest absolute Gasteiger partial charge is 0.457 e. The molecule has 404 valence electrons. The van der Waals surface area contributed by atoms with Gasteiger partial charge >= 0.3 is 0 Å². The summed E-state index contributed by atoms with van der Waals surface area (Å²) in [6, 6.07) is 63.9. The lowest BCUT2D eigenvalue weighted by atomic mass is 9.78. The smallest absolute Gasteiger partial charge is 0.137 e. The van der Waals surface area contributed by atoms with E-state index in [9.17, 15) is 0 Å². The maximum absolute atomic E-state index is 16.9. The Labute approximate surface area is 473 Å². The number of halogens is 3. The van der Waals surface area contributed by atoms with Crippen LogP contribution in [0.5, 0.6) is 11.5 Å². The van der Waals surface area contributed by atoms with E-state index in [4.69, 9.17) is 9.72 Å². The number of benzene rings is 9. The van der Waals surface area contributed by atoms with Gasteiger partial charge in [-0.05, 0) is 140 Å². The van der Waals surface area contributed by atoms with Gasteiger partial charge in [-0.15, -0.1) is 0 Å². The van der Waals surface area contributed by atoms with Crippen molar-refractivity contribution >= 4 is 44.6 Å². The predicted octanol–water partition coefficient (Wildman–Crippen LogP) is 20.5. The van der Waals surface area contributed by atoms with Crippen LogP contribution >= 0.6 is 0 Å². The van der Waals surface area contributed by atoms with Gasteiger partial charge in [0, 0.05) is 58.0 Å². The number of ether oxygens (including phenoxy) is 1. The Hall–Kier alpha value is -8.88. The first-order valence-electron chi connectivity index (χ1n) is 27.8. The summed E-state index contributed by atoms with van der Waals surface area (Å²) in [4.78, 5) is 9.33. The molecule has 2 aromatic heterocycles. The standard InChI is InChI=1S/C73H65F3N4O/c1-45-20-14-15-23-57(45)49-34-54(42-56(35-49)81-55-28-29-59-58-24-16-17-25-64(58)80(67(59)43-55)68-39-50(30-31-77-68)71(2,3)4)78-44-79(66-27-19-18-26-65(66)78)70-60(48-32-51(72(5,6)7)38-52(33-48)73(8,9)10)36-47(46-21-12-11-13-22-46)37-61(70)69-62(75)40-53(74)41-63(69)76/h11-43H,44H2,1-10H3. The molecule has 0 spiro atoms. The molecule has 1 aliphatic rings. The second kappa shape index (κ2) is 20.0. The van der Waals surface area contributed by atoms with Crippen LogP contribution in [-0.2, 0) is 16.2 Å². The highest BCUT2D eigenvalue weighted by Crippen LogP contribution is 2.53. The second-order valence-electron chi connectivity index (χ2n) is 24.6. The number of aryl methyl sites for hydroxylation is 1. The summed E-state index contributed by atoms with van der Waals surface area (Å²) in [6.07, 6.45) is 1.89. The molecule has 0 amide bonds. The summed E-state index contributed by atoms with van der Waals surface area (Å²) in [5.74, 6) is -0.873. The molecule has 8 heteroatoms. The van der Waals surface area contributed by atoms with E-state index >= 15 is 13.2 Å². The molecule has 0 saturated carbocycles. The zero-order valence-electron chi connectivity index (χ0n) is 47.6. The number of nitrogens with zero attached hydrogens (tertiary/aromatic N) is 4. The number of aromatic nitrogens is 2. The first kappa shape index (κ1) is 52.8. The molecule has 12 rings (SSSR count). The van der Waals surface area contributed by atoms with E-state index in [2.05, 4.69) is 199 Å². The van der Waals surface area contributed by atoms with Crippen molar-refractivity contribution < 1.29 is 17.9 Å². The molecule has 0 N–H and O–H groups in total. The van der Waals surface area contributed by atoms with E-state index < -0.39 is 17.5 Å². The molecule has 3 heterocycles. The second-order valence-corrected chi connectivity index (χ2v) is 24.6. The van der Waals surface area contributed by atoms with Crippen molar-refractivity contribution in [2.45, 2.75) is 85.5 Å². The molecule has 0 unspecified atom stereocenters. The summed E-state index contributed by atoms with van der Waals surface area (Å²) < 4.78 is 58.1. The zero-order valence-corrected chi connectivity index (χ0v) is 47.6. The number of hydrogen-bond donors (Lipinski definition) is 0. The molecule has 1 aliphatic heterocycles. The maximum atomic E-state index is 16.9. The number of anilines is 4. The summed E-state index contributed by atoms with van der Waals surface area (Å²) >= 11 is 0. The molecule has 0 bridgehead atoms. The SMILES string of the molecule is Cc1ccccc1-c1cc(Oc2ccc3c4ccccc4n(-c4cc(C(C)(C)C)ccn4)c3c2)cc(N2CN(c3c(-c4cc(C(C)(C)C)cc(C(C)(C)C)c4)cc(-c4ccccc4)cc3-c3c(F)cc(F)cc3F)c3ccccc32)c1. The number of pyridine rings is 1. The molecule has 0 radical (unpaired) electrons. The third-order valence-electron chi connectivity index (χ3n) is 15.9. The summed E-state index contributed by atoms with van der Waals surface area (Å²) in [6.45, 7) is 22.2. The third-order valence-corrected chi connectivity index (χ3v) is 15.9. The van der Waals surface area contributed by atoms with Gasteiger partial charge in [0.05, 0.1) is 33.7 Å². The highest BCUT2D eigenvalue weighted by atomic mass is 19.1. The van der Waals surface area contributed by atoms with Gasteiger partial charge in [0.25, 0.3) is 0 Å². The fraction of sp³-hybridized carbons (Fsp3) is 0.192. The Morgan fingerprint density at radius 2 is 1.05 bits per heavy atom. The fourth-order valence-electron chi connectivity index (χ4n) is 11.5. The van der Waals surface area contributed by atoms with Crippen LogP contribution in [0.4, 0.5) is 35.9 Å². The van der Waals surface area contributed by atoms with Gasteiger partial charge in [0.1, 0.15) is 41.4 Å². The Morgan fingerprint density at radius 1 is 0.444 bits per heavy atom. The third kappa shape index (κ3) is 9.91. The van der Waals surface area contributed by atoms with Crippen LogP contribution in [0.2, 0.25) is 0 Å². The van der Waals surface area contributed by atoms with Crippen molar-refractivity contribution in [1.82, 2.24) is 9.55 Å². The zero-order chi connectivity index (χ0) is 56.7. The van der Waals surface area contributed by atoms with Crippen LogP contribution in [0.1, 0.15) is 84.6 Å². The number of fused-ring (bicyclic) bond motifs is 4. The molecular weight excluding hydrogens is 1010 g/mol. The molecule has 9 aromatic carbocycles. The van der Waals surface area contributed by atoms with Gasteiger partial charge in [-0.1, -0.05) is 165 Å². The van der Waals surface area contributed by atoms with Gasteiger partial charge in [-0.2, -0.15) is 0 Å². The molecule has 0 aliphatic carbocycles. The van der Waals surface area contributed by atoms with Gasteiger partial charge in [0.15, 0.2) is 0 Å². The molecule has 5 nitrogen and oxygen atoms in total. The Morgan fingerprint density at radius 3 is 1.74 bits per heavy atom. The van der Waals surface area contributed by atoms with Crippen molar-refractivity contribution in [2.24, 2.45) is 0 Å². The summed E-state index contributed by atoms with van der Waals surface area (Å²) in [7, 11) is 0. The predicted molar refractivity (Wildman–Crippen MR) is 330 cm³/mol. The molecular formula is C73H65F3N4O. The van der Waals surface area contributed by atoms with E-state index in [1.807, 2.05) is 72.9 Å². The molecule has 0 atom stereocenters. The van der Waals surface area contributed by atoms with E-state index in [1.165, 1.54) is 5.56 Å². The summed E-state index contributed by atoms with van der Waals surface area (Å²) in [5.41, 5.74) is 14.4. The highest BCUT2D eigenvalue weighted by Gasteiger charge is 2.35. The van der Waals surface area contributed by atoms with E-state index in [1.54, 1.807) is 0 Å². The normalized spacial score (nSPS) is 12.9. The quantitative estimate of drug-likeness (QED) is 0.144. The topological polar surface area (TPSA) is 33.5 Å².